The molecule has 2 amide bonds. The summed E-state index contributed by atoms with van der Waals surface area (Å²) < 4.78 is 0. The zero-order valence-electron chi connectivity index (χ0n) is 11.2. The van der Waals surface area contributed by atoms with Gasteiger partial charge in [-0.15, -0.1) is 12.4 Å². The Morgan fingerprint density at radius 3 is 2.72 bits per heavy atom. The molecule has 0 aromatic rings. The van der Waals surface area contributed by atoms with Gasteiger partial charge < -0.3 is 15.5 Å². The van der Waals surface area contributed by atoms with Gasteiger partial charge in [0.05, 0.1) is 0 Å². The highest BCUT2D eigenvalue weighted by Crippen LogP contribution is 2.06. The number of carbonyl (C=O) groups excluding carboxylic acids is 2. The molecule has 0 aromatic heterocycles. The summed E-state index contributed by atoms with van der Waals surface area (Å²) >= 11 is 0. The number of piperazine rings is 1. The van der Waals surface area contributed by atoms with Crippen molar-refractivity contribution in [3.8, 4) is 0 Å². The van der Waals surface area contributed by atoms with Crippen molar-refractivity contribution in [3.63, 3.8) is 0 Å². The van der Waals surface area contributed by atoms with E-state index < -0.39 is 0 Å². The predicted molar refractivity (Wildman–Crippen MR) is 73.8 cm³/mol. The highest BCUT2D eigenvalue weighted by Gasteiger charge is 2.22. The maximum Gasteiger partial charge on any atom is 0.223 e. The Kier molecular flexibility index (Phi) is 8.75. The lowest BCUT2D eigenvalue weighted by atomic mass is 10.2. The van der Waals surface area contributed by atoms with E-state index in [1.807, 2.05) is 18.7 Å². The van der Waals surface area contributed by atoms with E-state index in [2.05, 4.69) is 10.6 Å². The molecule has 5 nitrogen and oxygen atoms in total. The van der Waals surface area contributed by atoms with Crippen molar-refractivity contribution in [2.24, 2.45) is 0 Å². The van der Waals surface area contributed by atoms with Gasteiger partial charge in [-0.25, -0.2) is 0 Å². The average molecular weight is 278 g/mol. The minimum atomic E-state index is -0.0250. The Bertz CT molecular complexity index is 274. The van der Waals surface area contributed by atoms with Crippen LogP contribution in [0.2, 0.25) is 0 Å². The van der Waals surface area contributed by atoms with Crippen LogP contribution in [0.15, 0.2) is 0 Å². The lowest BCUT2D eigenvalue weighted by Gasteiger charge is -2.34. The molecule has 0 unspecified atom stereocenters. The Hall–Kier alpha value is -0.810. The van der Waals surface area contributed by atoms with Crippen LogP contribution in [0.1, 0.15) is 33.1 Å². The minimum Gasteiger partial charge on any atom is -0.356 e. The maximum atomic E-state index is 11.9. The Balaban J connectivity index is 0.00000289. The summed E-state index contributed by atoms with van der Waals surface area (Å²) in [6, 6.07) is 0.231. The predicted octanol–water partition coefficient (Wildman–Crippen LogP) is 0.535. The van der Waals surface area contributed by atoms with Crippen LogP contribution in [-0.4, -0.2) is 48.9 Å². The van der Waals surface area contributed by atoms with Gasteiger partial charge in [0.2, 0.25) is 11.8 Å². The number of carbonyl (C=O) groups is 2. The number of nitrogens with one attached hydrogen (secondary N) is 2. The summed E-state index contributed by atoms with van der Waals surface area (Å²) in [5.41, 5.74) is 0. The fraction of sp³-hybridized carbons (Fsp3) is 0.833. The summed E-state index contributed by atoms with van der Waals surface area (Å²) in [6.07, 6.45) is 1.55. The first-order valence-electron chi connectivity index (χ1n) is 6.42. The van der Waals surface area contributed by atoms with Crippen LogP contribution in [-0.2, 0) is 9.59 Å². The Morgan fingerprint density at radius 1 is 1.39 bits per heavy atom. The lowest BCUT2D eigenvalue weighted by Crippen LogP contribution is -2.52. The van der Waals surface area contributed by atoms with E-state index in [1.54, 1.807) is 0 Å². The molecule has 6 heteroatoms. The van der Waals surface area contributed by atoms with Crippen LogP contribution in [0.25, 0.3) is 0 Å². The van der Waals surface area contributed by atoms with Crippen molar-refractivity contribution < 1.29 is 9.59 Å². The molecule has 0 saturated carbocycles. The molecule has 1 heterocycles. The normalized spacial score (nSPS) is 19.0. The first-order chi connectivity index (χ1) is 8.15. The highest BCUT2D eigenvalue weighted by atomic mass is 35.5. The van der Waals surface area contributed by atoms with E-state index in [9.17, 15) is 9.59 Å². The molecule has 106 valence electrons. The van der Waals surface area contributed by atoms with E-state index in [0.29, 0.717) is 19.4 Å². The number of nitrogens with zero attached hydrogens (tertiary/aromatic N) is 1. The van der Waals surface area contributed by atoms with Gasteiger partial charge in [-0.05, 0) is 13.3 Å². The van der Waals surface area contributed by atoms with Crippen molar-refractivity contribution in [1.82, 2.24) is 15.5 Å². The molecule has 2 N–H and O–H groups in total. The summed E-state index contributed by atoms with van der Waals surface area (Å²) in [6.45, 7) is 7.16. The molecule has 1 aliphatic rings. The van der Waals surface area contributed by atoms with Crippen LogP contribution in [0.3, 0.4) is 0 Å². The van der Waals surface area contributed by atoms with Gasteiger partial charge in [0.1, 0.15) is 0 Å². The van der Waals surface area contributed by atoms with Gasteiger partial charge in [-0.1, -0.05) is 6.92 Å². The molecular formula is C12H24ClN3O2. The number of halogens is 1. The molecule has 1 atom stereocenters. The first-order valence-corrected chi connectivity index (χ1v) is 6.42. The second-order valence-corrected chi connectivity index (χ2v) is 4.49. The third kappa shape index (κ3) is 5.69. The van der Waals surface area contributed by atoms with E-state index in [-0.39, 0.29) is 30.3 Å². The van der Waals surface area contributed by atoms with Crippen LogP contribution in [0, 0.1) is 0 Å². The van der Waals surface area contributed by atoms with Crippen LogP contribution >= 0.6 is 12.4 Å². The van der Waals surface area contributed by atoms with E-state index in [4.69, 9.17) is 0 Å². The smallest absolute Gasteiger partial charge is 0.223 e. The van der Waals surface area contributed by atoms with Crippen LogP contribution in [0.5, 0.6) is 0 Å². The first kappa shape index (κ1) is 17.2. The summed E-state index contributed by atoms with van der Waals surface area (Å²) in [7, 11) is 0. The minimum absolute atomic E-state index is 0. The molecule has 0 spiro atoms. The lowest BCUT2D eigenvalue weighted by molar-refractivity contribution is -0.136. The van der Waals surface area contributed by atoms with Crippen LogP contribution in [0.4, 0.5) is 0 Å². The van der Waals surface area contributed by atoms with Gasteiger partial charge in [0.25, 0.3) is 0 Å². The largest absolute Gasteiger partial charge is 0.356 e. The topological polar surface area (TPSA) is 61.4 Å². The van der Waals surface area contributed by atoms with Crippen molar-refractivity contribution >= 4 is 24.2 Å². The van der Waals surface area contributed by atoms with Crippen molar-refractivity contribution in [1.29, 1.82) is 0 Å². The SMILES string of the molecule is CCCNC(=O)CCC(=O)N1CCNC[C@H]1C.Cl. The Labute approximate surface area is 115 Å². The second-order valence-electron chi connectivity index (χ2n) is 4.49. The molecule has 0 aromatic carbocycles. The molecule has 18 heavy (non-hydrogen) atoms. The number of hydrogen-bond donors (Lipinski definition) is 2. The van der Waals surface area contributed by atoms with Gasteiger partial charge in [-0.2, -0.15) is 0 Å². The molecule has 0 radical (unpaired) electrons. The third-order valence-electron chi connectivity index (χ3n) is 2.96. The number of rotatable bonds is 5. The zero-order chi connectivity index (χ0) is 12.7. The van der Waals surface area contributed by atoms with E-state index in [1.165, 1.54) is 0 Å². The van der Waals surface area contributed by atoms with Gasteiger partial charge in [0.15, 0.2) is 0 Å². The third-order valence-corrected chi connectivity index (χ3v) is 2.96. The molecule has 0 bridgehead atoms. The second kappa shape index (κ2) is 9.16. The monoisotopic (exact) mass is 277 g/mol. The average Bonchev–Trinajstić information content (AvgIpc) is 2.34. The zero-order valence-corrected chi connectivity index (χ0v) is 12.0. The van der Waals surface area contributed by atoms with Gasteiger partial charge >= 0.3 is 0 Å². The molecule has 0 aliphatic carbocycles. The van der Waals surface area contributed by atoms with Crippen molar-refractivity contribution in [2.45, 2.75) is 39.2 Å². The maximum absolute atomic E-state index is 11.9. The van der Waals surface area contributed by atoms with E-state index >= 15 is 0 Å². The van der Waals surface area contributed by atoms with Crippen LogP contribution < -0.4 is 10.6 Å². The van der Waals surface area contributed by atoms with Gasteiger partial charge in [-0.3, -0.25) is 9.59 Å². The van der Waals surface area contributed by atoms with Crippen molar-refractivity contribution in [2.75, 3.05) is 26.2 Å². The fourth-order valence-electron chi connectivity index (χ4n) is 1.93. The molecular weight excluding hydrogens is 254 g/mol. The standard InChI is InChI=1S/C12H23N3O2.ClH/c1-3-6-14-11(16)4-5-12(17)15-8-7-13-9-10(15)2;/h10,13H,3-9H2,1-2H3,(H,14,16);1H/t10-;/m1./s1. The molecule has 1 rings (SSSR count). The van der Waals surface area contributed by atoms with Gasteiger partial charge in [0, 0.05) is 45.1 Å². The van der Waals surface area contributed by atoms with Crippen molar-refractivity contribution in [3.05, 3.63) is 0 Å². The molecule has 1 saturated heterocycles. The summed E-state index contributed by atoms with van der Waals surface area (Å²) in [5.74, 6) is 0.0636. The summed E-state index contributed by atoms with van der Waals surface area (Å²) in [5, 5.41) is 6.02. The van der Waals surface area contributed by atoms with E-state index in [0.717, 1.165) is 26.1 Å². The number of amides is 2. The Morgan fingerprint density at radius 2 is 2.11 bits per heavy atom. The molecule has 1 fully saturated rings. The molecule has 1 aliphatic heterocycles. The number of hydrogen-bond acceptors (Lipinski definition) is 3. The summed E-state index contributed by atoms with van der Waals surface area (Å²) in [4.78, 5) is 25.1. The quantitative estimate of drug-likeness (QED) is 0.771. The highest BCUT2D eigenvalue weighted by molar-refractivity contribution is 5.85. The fourth-order valence-corrected chi connectivity index (χ4v) is 1.93.